The van der Waals surface area contributed by atoms with E-state index in [-0.39, 0.29) is 5.82 Å². The molecular weight excluding hydrogens is 275 g/mol. The summed E-state index contributed by atoms with van der Waals surface area (Å²) in [5.74, 6) is 0.145. The third-order valence-corrected chi connectivity index (χ3v) is 3.09. The molecule has 6 nitrogen and oxygen atoms in total. The highest BCUT2D eigenvalue weighted by atomic mass is 35.7. The fraction of sp³-hybridized carbons (Fsp3) is 0. The van der Waals surface area contributed by atoms with Crippen molar-refractivity contribution in [2.75, 3.05) is 0 Å². The summed E-state index contributed by atoms with van der Waals surface area (Å²) >= 11 is 5.84. The summed E-state index contributed by atoms with van der Waals surface area (Å²) in [5, 5.41) is 5.81. The Kier molecular flexibility index (Phi) is 2.83. The highest BCUT2D eigenvalue weighted by molar-refractivity contribution is 8.13. The van der Waals surface area contributed by atoms with Gasteiger partial charge in [-0.05, 0) is 6.07 Å². The molecule has 0 unspecified atom stereocenters. The molecule has 0 amide bonds. The van der Waals surface area contributed by atoms with E-state index in [1.807, 2.05) is 0 Å². The van der Waals surface area contributed by atoms with Crippen LogP contribution in [0.1, 0.15) is 0 Å². The van der Waals surface area contributed by atoms with Crippen LogP contribution in [0.3, 0.4) is 0 Å². The molecule has 2 heterocycles. The second-order valence-corrected chi connectivity index (χ2v) is 5.65. The minimum atomic E-state index is -3.92. The Balaban J connectivity index is 2.52. The van der Waals surface area contributed by atoms with Gasteiger partial charge in [-0.1, -0.05) is 11.6 Å². The molecule has 0 aliphatic carbocycles. The van der Waals surface area contributed by atoms with Gasteiger partial charge < -0.3 is 0 Å². The summed E-state index contributed by atoms with van der Waals surface area (Å²) < 4.78 is 21.9. The SMILES string of the molecule is O=S(=O)(Cl)c1nc(-c2ccncc2Cl)n[nH]1. The molecule has 0 aliphatic heterocycles. The molecule has 0 spiro atoms. The molecule has 0 fully saturated rings. The lowest BCUT2D eigenvalue weighted by Gasteiger charge is -1.95. The maximum Gasteiger partial charge on any atom is 0.296 e. The second kappa shape index (κ2) is 4.00. The first-order valence-corrected chi connectivity index (χ1v) is 6.64. The van der Waals surface area contributed by atoms with Crippen LogP contribution < -0.4 is 0 Å². The van der Waals surface area contributed by atoms with Crippen molar-refractivity contribution in [1.29, 1.82) is 0 Å². The number of aromatic amines is 1. The number of rotatable bonds is 2. The van der Waals surface area contributed by atoms with Crippen molar-refractivity contribution < 1.29 is 8.42 Å². The molecule has 1 N–H and O–H groups in total. The molecule has 84 valence electrons. The Bertz CT molecular complexity index is 625. The predicted molar refractivity (Wildman–Crippen MR) is 57.7 cm³/mol. The Hall–Kier alpha value is -1.18. The molecule has 0 radical (unpaired) electrons. The van der Waals surface area contributed by atoms with Crippen LogP contribution in [-0.2, 0) is 9.05 Å². The monoisotopic (exact) mass is 278 g/mol. The van der Waals surface area contributed by atoms with Gasteiger partial charge in [0.1, 0.15) is 0 Å². The normalized spacial score (nSPS) is 11.6. The van der Waals surface area contributed by atoms with Gasteiger partial charge in [-0.25, -0.2) is 13.5 Å². The van der Waals surface area contributed by atoms with Crippen LogP contribution in [0.25, 0.3) is 11.4 Å². The van der Waals surface area contributed by atoms with Gasteiger partial charge in [0.2, 0.25) is 0 Å². The Morgan fingerprint density at radius 2 is 2.12 bits per heavy atom. The fourth-order valence-corrected chi connectivity index (χ4v) is 1.79. The second-order valence-electron chi connectivity index (χ2n) is 2.76. The van der Waals surface area contributed by atoms with Gasteiger partial charge in [-0.2, -0.15) is 10.1 Å². The number of nitrogens with one attached hydrogen (secondary N) is 1. The Labute approximate surface area is 100 Å². The lowest BCUT2D eigenvalue weighted by Crippen LogP contribution is -1.92. The zero-order chi connectivity index (χ0) is 11.8. The number of aromatic nitrogens is 4. The maximum absolute atomic E-state index is 10.9. The zero-order valence-electron chi connectivity index (χ0n) is 7.55. The van der Waals surface area contributed by atoms with E-state index < -0.39 is 14.2 Å². The zero-order valence-corrected chi connectivity index (χ0v) is 9.88. The molecule has 9 heteroatoms. The van der Waals surface area contributed by atoms with Crippen molar-refractivity contribution in [3.8, 4) is 11.4 Å². The highest BCUT2D eigenvalue weighted by Gasteiger charge is 2.17. The average Bonchev–Trinajstić information content (AvgIpc) is 2.66. The van der Waals surface area contributed by atoms with Crippen molar-refractivity contribution in [3.63, 3.8) is 0 Å². The predicted octanol–water partition coefficient (Wildman–Crippen LogP) is 1.45. The molecule has 0 saturated carbocycles. The quantitative estimate of drug-likeness (QED) is 0.840. The van der Waals surface area contributed by atoms with Gasteiger partial charge in [0.05, 0.1) is 5.02 Å². The minimum Gasteiger partial charge on any atom is -0.263 e. The number of nitrogens with zero attached hydrogens (tertiary/aromatic N) is 3. The Morgan fingerprint density at radius 1 is 1.38 bits per heavy atom. The van der Waals surface area contributed by atoms with Crippen molar-refractivity contribution in [1.82, 2.24) is 20.2 Å². The third kappa shape index (κ3) is 2.16. The van der Waals surface area contributed by atoms with E-state index >= 15 is 0 Å². The number of hydrogen-bond acceptors (Lipinski definition) is 5. The van der Waals surface area contributed by atoms with Gasteiger partial charge in [-0.3, -0.25) is 4.98 Å². The van der Waals surface area contributed by atoms with Gasteiger partial charge in [0.15, 0.2) is 5.82 Å². The van der Waals surface area contributed by atoms with Crippen molar-refractivity contribution in [3.05, 3.63) is 23.5 Å². The van der Waals surface area contributed by atoms with E-state index in [9.17, 15) is 8.42 Å². The number of H-pyrrole nitrogens is 1. The summed E-state index contributed by atoms with van der Waals surface area (Å²) in [6.45, 7) is 0. The molecular formula is C7H4Cl2N4O2S. The molecule has 16 heavy (non-hydrogen) atoms. The van der Waals surface area contributed by atoms with Gasteiger partial charge in [0, 0.05) is 28.6 Å². The molecule has 0 aliphatic rings. The summed E-state index contributed by atoms with van der Waals surface area (Å²) in [5.41, 5.74) is 0.472. The van der Waals surface area contributed by atoms with Crippen molar-refractivity contribution in [2.45, 2.75) is 5.16 Å². The van der Waals surface area contributed by atoms with Crippen LogP contribution >= 0.6 is 22.3 Å². The van der Waals surface area contributed by atoms with E-state index in [1.54, 1.807) is 6.07 Å². The van der Waals surface area contributed by atoms with Crippen LogP contribution in [0.5, 0.6) is 0 Å². The van der Waals surface area contributed by atoms with E-state index in [1.165, 1.54) is 12.4 Å². The van der Waals surface area contributed by atoms with Crippen LogP contribution in [-0.4, -0.2) is 28.6 Å². The molecule has 0 aromatic carbocycles. The first-order chi connectivity index (χ1) is 7.48. The lowest BCUT2D eigenvalue weighted by atomic mass is 10.2. The number of pyridine rings is 1. The first-order valence-electron chi connectivity index (χ1n) is 3.95. The summed E-state index contributed by atoms with van der Waals surface area (Å²) in [6.07, 6.45) is 2.90. The largest absolute Gasteiger partial charge is 0.296 e. The molecule has 2 rings (SSSR count). The fourth-order valence-electron chi connectivity index (χ4n) is 1.03. The topological polar surface area (TPSA) is 88.6 Å². The van der Waals surface area contributed by atoms with E-state index in [2.05, 4.69) is 20.2 Å². The number of hydrogen-bond donors (Lipinski definition) is 1. The van der Waals surface area contributed by atoms with Crippen molar-refractivity contribution >= 4 is 31.3 Å². The van der Waals surface area contributed by atoms with Crippen LogP contribution in [0, 0.1) is 0 Å². The van der Waals surface area contributed by atoms with Crippen molar-refractivity contribution in [2.24, 2.45) is 0 Å². The van der Waals surface area contributed by atoms with Crippen LogP contribution in [0.15, 0.2) is 23.6 Å². The van der Waals surface area contributed by atoms with Crippen LogP contribution in [0.4, 0.5) is 0 Å². The van der Waals surface area contributed by atoms with E-state index in [0.29, 0.717) is 10.6 Å². The van der Waals surface area contributed by atoms with Crippen LogP contribution in [0.2, 0.25) is 5.02 Å². The smallest absolute Gasteiger partial charge is 0.263 e. The first kappa shape index (κ1) is 11.3. The van der Waals surface area contributed by atoms with Gasteiger partial charge >= 0.3 is 0 Å². The molecule has 0 saturated heterocycles. The standard InChI is InChI=1S/C7H4Cl2N4O2S/c8-5-3-10-2-1-4(5)6-11-7(13-12-6)16(9,14)15/h1-3H,(H,11,12,13). The Morgan fingerprint density at radius 3 is 2.69 bits per heavy atom. The molecule has 0 atom stereocenters. The van der Waals surface area contributed by atoms with E-state index in [0.717, 1.165) is 0 Å². The average molecular weight is 279 g/mol. The molecule has 2 aromatic rings. The molecule has 2 aromatic heterocycles. The summed E-state index contributed by atoms with van der Waals surface area (Å²) in [4.78, 5) is 7.50. The minimum absolute atomic E-state index is 0.145. The maximum atomic E-state index is 10.9. The summed E-state index contributed by atoms with van der Waals surface area (Å²) in [7, 11) is 1.17. The van der Waals surface area contributed by atoms with E-state index in [4.69, 9.17) is 22.3 Å². The van der Waals surface area contributed by atoms with Gasteiger partial charge in [0.25, 0.3) is 14.2 Å². The number of halogens is 2. The summed E-state index contributed by atoms with van der Waals surface area (Å²) in [6, 6.07) is 1.57. The molecule has 0 bridgehead atoms. The highest BCUT2D eigenvalue weighted by Crippen LogP contribution is 2.24. The lowest BCUT2D eigenvalue weighted by molar-refractivity contribution is 0.602. The van der Waals surface area contributed by atoms with Gasteiger partial charge in [-0.15, -0.1) is 0 Å². The third-order valence-electron chi connectivity index (χ3n) is 1.71.